The average Bonchev–Trinajstić information content (AvgIpc) is 2.63. The van der Waals surface area contributed by atoms with Gasteiger partial charge in [0.15, 0.2) is 6.61 Å². The van der Waals surface area contributed by atoms with Gasteiger partial charge in [0.1, 0.15) is 5.75 Å². The summed E-state index contributed by atoms with van der Waals surface area (Å²) in [6, 6.07) is 10.0. The van der Waals surface area contributed by atoms with E-state index in [0.29, 0.717) is 36.5 Å². The number of pyridine rings is 1. The van der Waals surface area contributed by atoms with Crippen LogP contribution in [0, 0.1) is 0 Å². The molecule has 0 saturated carbocycles. The minimum absolute atomic E-state index is 0.00784. The van der Waals surface area contributed by atoms with Crippen LogP contribution in [0.1, 0.15) is 16.8 Å². The number of anilines is 1. The molecule has 7 heteroatoms. The Labute approximate surface area is 144 Å². The Kier molecular flexibility index (Phi) is 4.83. The van der Waals surface area contributed by atoms with Crippen molar-refractivity contribution in [2.24, 2.45) is 0 Å². The number of rotatable bonds is 5. The summed E-state index contributed by atoms with van der Waals surface area (Å²) < 4.78 is 6.94. The molecule has 2 heterocycles. The van der Waals surface area contributed by atoms with Crippen molar-refractivity contribution < 1.29 is 14.3 Å². The lowest BCUT2D eigenvalue weighted by molar-refractivity contribution is -0.120. The molecule has 3 rings (SSSR count). The number of nitrogens with one attached hydrogen (secondary N) is 1. The molecule has 0 radical (unpaired) electrons. The highest BCUT2D eigenvalue weighted by molar-refractivity contribution is 6.00. The van der Waals surface area contributed by atoms with Crippen molar-refractivity contribution in [1.82, 2.24) is 9.88 Å². The van der Waals surface area contributed by atoms with Crippen LogP contribution in [0.2, 0.25) is 0 Å². The molecule has 2 aromatic rings. The van der Waals surface area contributed by atoms with Crippen LogP contribution in [0.25, 0.3) is 0 Å². The van der Waals surface area contributed by atoms with E-state index in [-0.39, 0.29) is 24.0 Å². The molecule has 0 spiro atoms. The molecule has 1 N–H and O–H groups in total. The lowest BCUT2D eigenvalue weighted by Gasteiger charge is -2.26. The molecule has 2 amide bonds. The predicted molar refractivity (Wildman–Crippen MR) is 93.0 cm³/mol. The fourth-order valence-corrected chi connectivity index (χ4v) is 2.61. The van der Waals surface area contributed by atoms with Gasteiger partial charge in [0.05, 0.1) is 5.69 Å². The second-order valence-corrected chi connectivity index (χ2v) is 5.77. The van der Waals surface area contributed by atoms with Crippen LogP contribution in [0.15, 0.2) is 47.4 Å². The van der Waals surface area contributed by atoms with E-state index in [0.717, 1.165) is 0 Å². The first-order chi connectivity index (χ1) is 12.1. The molecule has 0 atom stereocenters. The van der Waals surface area contributed by atoms with Gasteiger partial charge >= 0.3 is 0 Å². The van der Waals surface area contributed by atoms with Crippen molar-refractivity contribution in [2.45, 2.75) is 13.0 Å². The van der Waals surface area contributed by atoms with Gasteiger partial charge < -0.3 is 19.5 Å². The number of fused-ring (bicyclic) bond motifs is 1. The average molecular weight is 341 g/mol. The lowest BCUT2D eigenvalue weighted by Crippen LogP contribution is -2.35. The van der Waals surface area contributed by atoms with Gasteiger partial charge in [-0.05, 0) is 30.7 Å². The SMILES string of the molecule is CN1C(=O)COc2ccc(C(=O)NCCCn3ccccc3=O)cc21. The summed E-state index contributed by atoms with van der Waals surface area (Å²) in [6.07, 6.45) is 2.36. The maximum atomic E-state index is 12.3. The number of hydrogen-bond donors (Lipinski definition) is 1. The number of likely N-dealkylation sites (N-methyl/N-ethyl adjacent to an activating group) is 1. The fraction of sp³-hybridized carbons (Fsp3) is 0.278. The van der Waals surface area contributed by atoms with Crippen molar-refractivity contribution in [3.05, 3.63) is 58.5 Å². The molecule has 1 aromatic carbocycles. The minimum atomic E-state index is -0.227. The van der Waals surface area contributed by atoms with Gasteiger partial charge in [-0.1, -0.05) is 6.07 Å². The van der Waals surface area contributed by atoms with Crippen molar-refractivity contribution in [3.63, 3.8) is 0 Å². The van der Waals surface area contributed by atoms with E-state index in [1.54, 1.807) is 48.1 Å². The molecule has 0 bridgehead atoms. The van der Waals surface area contributed by atoms with Gasteiger partial charge in [-0.3, -0.25) is 14.4 Å². The summed E-state index contributed by atoms with van der Waals surface area (Å²) in [5, 5.41) is 2.82. The first-order valence-electron chi connectivity index (χ1n) is 8.03. The third kappa shape index (κ3) is 3.71. The third-order valence-corrected chi connectivity index (χ3v) is 4.07. The number of ether oxygens (including phenoxy) is 1. The molecule has 130 valence electrons. The molecule has 1 aliphatic heterocycles. The van der Waals surface area contributed by atoms with Crippen molar-refractivity contribution in [1.29, 1.82) is 0 Å². The number of aryl methyl sites for hydroxylation is 1. The number of carbonyl (C=O) groups is 2. The maximum Gasteiger partial charge on any atom is 0.264 e. The number of hydrogen-bond acceptors (Lipinski definition) is 4. The summed E-state index contributed by atoms with van der Waals surface area (Å²) in [6.45, 7) is 0.992. The summed E-state index contributed by atoms with van der Waals surface area (Å²) in [5.41, 5.74) is 0.983. The van der Waals surface area contributed by atoms with E-state index in [9.17, 15) is 14.4 Å². The Morgan fingerprint density at radius 2 is 2.08 bits per heavy atom. The standard InChI is InChI=1S/C18H19N3O4/c1-20-14-11-13(6-7-15(14)25-12-17(20)23)18(24)19-8-4-10-21-9-3-2-5-16(21)22/h2-3,5-7,9,11H,4,8,10,12H2,1H3,(H,19,24). The van der Waals surface area contributed by atoms with Crippen LogP contribution in [0.4, 0.5) is 5.69 Å². The van der Waals surface area contributed by atoms with E-state index in [4.69, 9.17) is 4.74 Å². The Morgan fingerprint density at radius 1 is 1.24 bits per heavy atom. The first-order valence-corrected chi connectivity index (χ1v) is 8.03. The summed E-state index contributed by atoms with van der Waals surface area (Å²) in [4.78, 5) is 37.0. The van der Waals surface area contributed by atoms with E-state index < -0.39 is 0 Å². The Hall–Kier alpha value is -3.09. The van der Waals surface area contributed by atoms with Gasteiger partial charge in [0.2, 0.25) is 5.56 Å². The van der Waals surface area contributed by atoms with E-state index in [1.165, 1.54) is 11.0 Å². The molecule has 0 saturated heterocycles. The molecule has 1 aliphatic rings. The largest absolute Gasteiger partial charge is 0.482 e. The Bertz CT molecular complexity index is 859. The van der Waals surface area contributed by atoms with Gasteiger partial charge in [0.25, 0.3) is 11.8 Å². The molecule has 25 heavy (non-hydrogen) atoms. The number of nitrogens with zero attached hydrogens (tertiary/aromatic N) is 2. The molecule has 1 aromatic heterocycles. The van der Waals surface area contributed by atoms with Crippen molar-refractivity contribution in [2.75, 3.05) is 25.1 Å². The van der Waals surface area contributed by atoms with Crippen LogP contribution in [0.5, 0.6) is 5.75 Å². The molecular weight excluding hydrogens is 322 g/mol. The van der Waals surface area contributed by atoms with E-state index in [1.807, 2.05) is 0 Å². The molecular formula is C18H19N3O4. The zero-order chi connectivity index (χ0) is 17.8. The lowest BCUT2D eigenvalue weighted by atomic mass is 10.1. The zero-order valence-corrected chi connectivity index (χ0v) is 13.9. The van der Waals surface area contributed by atoms with Crippen LogP contribution >= 0.6 is 0 Å². The van der Waals surface area contributed by atoms with Gasteiger partial charge in [0, 0.05) is 38.0 Å². The predicted octanol–water partition coefficient (Wildman–Crippen LogP) is 1.02. The molecule has 7 nitrogen and oxygen atoms in total. The van der Waals surface area contributed by atoms with Crippen LogP contribution in [0.3, 0.4) is 0 Å². The number of amides is 2. The number of benzene rings is 1. The van der Waals surface area contributed by atoms with Crippen LogP contribution < -0.4 is 20.5 Å². The molecule has 0 aliphatic carbocycles. The normalized spacial score (nSPS) is 13.2. The van der Waals surface area contributed by atoms with Crippen LogP contribution in [-0.4, -0.2) is 36.6 Å². The van der Waals surface area contributed by atoms with E-state index in [2.05, 4.69) is 5.32 Å². The van der Waals surface area contributed by atoms with E-state index >= 15 is 0 Å². The van der Waals surface area contributed by atoms with Gasteiger partial charge in [-0.2, -0.15) is 0 Å². The first kappa shape index (κ1) is 16.8. The third-order valence-electron chi connectivity index (χ3n) is 4.07. The minimum Gasteiger partial charge on any atom is -0.482 e. The quantitative estimate of drug-likeness (QED) is 0.824. The maximum absolute atomic E-state index is 12.3. The molecule has 0 fully saturated rings. The highest BCUT2D eigenvalue weighted by atomic mass is 16.5. The van der Waals surface area contributed by atoms with Crippen molar-refractivity contribution >= 4 is 17.5 Å². The molecule has 0 unspecified atom stereocenters. The summed E-state index contributed by atoms with van der Waals surface area (Å²) in [7, 11) is 1.66. The summed E-state index contributed by atoms with van der Waals surface area (Å²) in [5.74, 6) is 0.204. The zero-order valence-electron chi connectivity index (χ0n) is 13.9. The number of aromatic nitrogens is 1. The van der Waals surface area contributed by atoms with Gasteiger partial charge in [-0.15, -0.1) is 0 Å². The smallest absolute Gasteiger partial charge is 0.264 e. The second-order valence-electron chi connectivity index (χ2n) is 5.77. The Balaban J connectivity index is 1.58. The summed E-state index contributed by atoms with van der Waals surface area (Å²) >= 11 is 0. The topological polar surface area (TPSA) is 80.6 Å². The van der Waals surface area contributed by atoms with Crippen molar-refractivity contribution in [3.8, 4) is 5.75 Å². The highest BCUT2D eigenvalue weighted by Gasteiger charge is 2.23. The Morgan fingerprint density at radius 3 is 2.88 bits per heavy atom. The fourth-order valence-electron chi connectivity index (χ4n) is 2.61. The van der Waals surface area contributed by atoms with Crippen LogP contribution in [-0.2, 0) is 11.3 Å². The second kappa shape index (κ2) is 7.21. The van der Waals surface area contributed by atoms with Gasteiger partial charge in [-0.25, -0.2) is 0 Å². The monoisotopic (exact) mass is 341 g/mol. The highest BCUT2D eigenvalue weighted by Crippen LogP contribution is 2.31. The number of carbonyl (C=O) groups excluding carboxylic acids is 2.